The number of carbonyl (C=O) groups is 3. The van der Waals surface area contributed by atoms with Crippen LogP contribution in [0.1, 0.15) is 36.3 Å². The third-order valence-electron chi connectivity index (χ3n) is 4.80. The minimum absolute atomic E-state index is 0.0866. The topological polar surface area (TPSA) is 86.7 Å². The first-order valence-corrected chi connectivity index (χ1v) is 9.04. The lowest BCUT2D eigenvalue weighted by Gasteiger charge is -2.19. The van der Waals surface area contributed by atoms with Crippen molar-refractivity contribution in [3.63, 3.8) is 0 Å². The van der Waals surface area contributed by atoms with E-state index < -0.39 is 23.6 Å². The van der Waals surface area contributed by atoms with Gasteiger partial charge in [0.25, 0.3) is 0 Å². The fraction of sp³-hybridized carbons (Fsp3) is 0.286. The van der Waals surface area contributed by atoms with Crippen molar-refractivity contribution in [3.8, 4) is 0 Å². The van der Waals surface area contributed by atoms with Crippen molar-refractivity contribution < 1.29 is 23.9 Å². The highest BCUT2D eigenvalue weighted by Crippen LogP contribution is 2.28. The summed E-state index contributed by atoms with van der Waals surface area (Å²) in [6, 6.07) is 10.3. The first kappa shape index (κ1) is 19.5. The molecule has 2 aromatic rings. The van der Waals surface area contributed by atoms with Crippen LogP contribution < -0.4 is 10.2 Å². The number of aryl methyl sites for hydroxylation is 1. The van der Waals surface area contributed by atoms with Crippen LogP contribution in [0.2, 0.25) is 0 Å². The van der Waals surface area contributed by atoms with Crippen molar-refractivity contribution in [3.05, 3.63) is 59.4 Å². The SMILES string of the molecule is Cc1cc(NC(=O)C[C@H](C(=O)O)c2ccc(F)cc2)ccc1N1CCCC1=O. The van der Waals surface area contributed by atoms with Crippen LogP contribution in [0, 0.1) is 12.7 Å². The average molecular weight is 384 g/mol. The second-order valence-electron chi connectivity index (χ2n) is 6.84. The summed E-state index contributed by atoms with van der Waals surface area (Å²) in [5.41, 5.74) is 2.56. The Morgan fingerprint density at radius 3 is 2.50 bits per heavy atom. The van der Waals surface area contributed by atoms with Crippen LogP contribution in [0.3, 0.4) is 0 Å². The first-order valence-electron chi connectivity index (χ1n) is 9.04. The third kappa shape index (κ3) is 4.36. The highest BCUT2D eigenvalue weighted by Gasteiger charge is 2.25. The molecule has 0 aliphatic carbocycles. The number of amides is 2. The maximum Gasteiger partial charge on any atom is 0.311 e. The number of aliphatic carboxylic acids is 1. The molecule has 1 saturated heterocycles. The van der Waals surface area contributed by atoms with Gasteiger partial charge in [-0.05, 0) is 54.8 Å². The van der Waals surface area contributed by atoms with Gasteiger partial charge >= 0.3 is 5.97 Å². The van der Waals surface area contributed by atoms with Gasteiger partial charge in [-0.2, -0.15) is 0 Å². The zero-order valence-electron chi connectivity index (χ0n) is 15.4. The van der Waals surface area contributed by atoms with Gasteiger partial charge in [-0.1, -0.05) is 12.1 Å². The fourth-order valence-electron chi connectivity index (χ4n) is 3.38. The molecule has 1 fully saturated rings. The number of anilines is 2. The second-order valence-corrected chi connectivity index (χ2v) is 6.84. The lowest BCUT2D eigenvalue weighted by molar-refractivity contribution is -0.140. The standard InChI is InChI=1S/C21H21FN2O4/c1-13-11-16(8-9-18(13)24-10-2-3-20(24)26)23-19(25)12-17(21(27)28)14-4-6-15(22)7-5-14/h4-9,11,17H,2-3,10,12H2,1H3,(H,23,25)(H,27,28)/t17-/m0/s1. The number of hydrogen-bond donors (Lipinski definition) is 2. The molecule has 7 heteroatoms. The summed E-state index contributed by atoms with van der Waals surface area (Å²) in [7, 11) is 0. The molecule has 0 spiro atoms. The molecule has 0 unspecified atom stereocenters. The summed E-state index contributed by atoms with van der Waals surface area (Å²) >= 11 is 0. The lowest BCUT2D eigenvalue weighted by Crippen LogP contribution is -2.24. The Hall–Kier alpha value is -3.22. The van der Waals surface area contributed by atoms with Crippen LogP contribution in [-0.2, 0) is 14.4 Å². The van der Waals surface area contributed by atoms with Crippen LogP contribution >= 0.6 is 0 Å². The maximum atomic E-state index is 13.1. The van der Waals surface area contributed by atoms with E-state index in [1.54, 1.807) is 23.1 Å². The molecule has 0 radical (unpaired) electrons. The zero-order valence-corrected chi connectivity index (χ0v) is 15.4. The number of rotatable bonds is 6. The molecule has 1 aliphatic heterocycles. The summed E-state index contributed by atoms with van der Waals surface area (Å²) in [6.07, 6.45) is 1.10. The average Bonchev–Trinajstić information content (AvgIpc) is 3.06. The molecule has 2 N–H and O–H groups in total. The molecule has 6 nitrogen and oxygen atoms in total. The molecule has 2 amide bonds. The molecule has 1 atom stereocenters. The first-order chi connectivity index (χ1) is 13.3. The van der Waals surface area contributed by atoms with Gasteiger partial charge in [0.2, 0.25) is 11.8 Å². The van der Waals surface area contributed by atoms with Crippen LogP contribution in [0.5, 0.6) is 0 Å². The number of nitrogens with one attached hydrogen (secondary N) is 1. The molecule has 3 rings (SSSR count). The Morgan fingerprint density at radius 1 is 1.21 bits per heavy atom. The Labute approximate surface area is 162 Å². The number of hydrogen-bond acceptors (Lipinski definition) is 3. The van der Waals surface area contributed by atoms with Gasteiger partial charge in [0.05, 0.1) is 5.92 Å². The van der Waals surface area contributed by atoms with Crippen LogP contribution in [0.25, 0.3) is 0 Å². The van der Waals surface area contributed by atoms with E-state index >= 15 is 0 Å². The van der Waals surface area contributed by atoms with Crippen molar-refractivity contribution in [1.82, 2.24) is 0 Å². The molecule has 2 aromatic carbocycles. The van der Waals surface area contributed by atoms with E-state index in [0.717, 1.165) is 17.7 Å². The Bertz CT molecular complexity index is 911. The summed E-state index contributed by atoms with van der Waals surface area (Å²) in [5, 5.41) is 12.1. The highest BCUT2D eigenvalue weighted by atomic mass is 19.1. The molecule has 0 aromatic heterocycles. The number of halogens is 1. The van der Waals surface area contributed by atoms with Crippen molar-refractivity contribution in [1.29, 1.82) is 0 Å². The van der Waals surface area contributed by atoms with Gasteiger partial charge in [0, 0.05) is 30.8 Å². The number of carbonyl (C=O) groups excluding carboxylic acids is 2. The van der Waals surface area contributed by atoms with Crippen LogP contribution in [0.15, 0.2) is 42.5 Å². The third-order valence-corrected chi connectivity index (χ3v) is 4.80. The second kappa shape index (κ2) is 8.21. The summed E-state index contributed by atoms with van der Waals surface area (Å²) < 4.78 is 13.1. The normalized spacial score (nSPS) is 14.8. The highest BCUT2D eigenvalue weighted by molar-refractivity contribution is 5.97. The van der Waals surface area contributed by atoms with E-state index in [4.69, 9.17) is 0 Å². The van der Waals surface area contributed by atoms with Gasteiger partial charge in [-0.25, -0.2) is 4.39 Å². The molecular weight excluding hydrogens is 363 g/mol. The van der Waals surface area contributed by atoms with Crippen molar-refractivity contribution in [2.45, 2.75) is 32.1 Å². The molecule has 0 bridgehead atoms. The van der Waals surface area contributed by atoms with Crippen molar-refractivity contribution in [2.75, 3.05) is 16.8 Å². The fourth-order valence-corrected chi connectivity index (χ4v) is 3.38. The maximum absolute atomic E-state index is 13.1. The molecule has 1 aliphatic rings. The largest absolute Gasteiger partial charge is 0.481 e. The number of carboxylic acid groups (broad SMARTS) is 1. The Balaban J connectivity index is 1.69. The smallest absolute Gasteiger partial charge is 0.311 e. The van der Waals surface area contributed by atoms with Crippen LogP contribution in [-0.4, -0.2) is 29.4 Å². The van der Waals surface area contributed by atoms with Crippen molar-refractivity contribution >= 4 is 29.2 Å². The lowest BCUT2D eigenvalue weighted by atomic mass is 9.95. The van der Waals surface area contributed by atoms with Crippen molar-refractivity contribution in [2.24, 2.45) is 0 Å². The zero-order chi connectivity index (χ0) is 20.3. The molecule has 28 heavy (non-hydrogen) atoms. The van der Waals surface area contributed by atoms with E-state index in [9.17, 15) is 23.9 Å². The van der Waals surface area contributed by atoms with Gasteiger partial charge in [0.1, 0.15) is 5.82 Å². The number of benzene rings is 2. The number of nitrogens with zero attached hydrogens (tertiary/aromatic N) is 1. The minimum atomic E-state index is -1.15. The van der Waals surface area contributed by atoms with Gasteiger partial charge in [-0.15, -0.1) is 0 Å². The van der Waals surface area contributed by atoms with E-state index in [1.165, 1.54) is 24.3 Å². The van der Waals surface area contributed by atoms with E-state index in [0.29, 0.717) is 24.2 Å². The van der Waals surface area contributed by atoms with E-state index in [-0.39, 0.29) is 12.3 Å². The monoisotopic (exact) mass is 384 g/mol. The van der Waals surface area contributed by atoms with E-state index in [1.807, 2.05) is 6.92 Å². The van der Waals surface area contributed by atoms with Crippen LogP contribution in [0.4, 0.5) is 15.8 Å². The molecular formula is C21H21FN2O4. The molecule has 1 heterocycles. The molecule has 0 saturated carbocycles. The minimum Gasteiger partial charge on any atom is -0.481 e. The quantitative estimate of drug-likeness (QED) is 0.799. The number of carboxylic acids is 1. The summed E-state index contributed by atoms with van der Waals surface area (Å²) in [4.78, 5) is 37.5. The predicted octanol–water partition coefficient (Wildman–Crippen LogP) is 3.46. The van der Waals surface area contributed by atoms with Gasteiger partial charge in [-0.3, -0.25) is 14.4 Å². The summed E-state index contributed by atoms with van der Waals surface area (Å²) in [6.45, 7) is 2.54. The summed E-state index contributed by atoms with van der Waals surface area (Å²) in [5.74, 6) is -3.06. The predicted molar refractivity (Wildman–Crippen MR) is 103 cm³/mol. The van der Waals surface area contributed by atoms with Gasteiger partial charge in [0.15, 0.2) is 0 Å². The molecule has 146 valence electrons. The Morgan fingerprint density at radius 2 is 1.93 bits per heavy atom. The van der Waals surface area contributed by atoms with E-state index in [2.05, 4.69) is 5.32 Å². The van der Waals surface area contributed by atoms with Gasteiger partial charge < -0.3 is 15.3 Å². The Kier molecular flexibility index (Phi) is 5.73.